The van der Waals surface area contributed by atoms with Crippen LogP contribution >= 0.6 is 11.8 Å². The maximum absolute atomic E-state index is 13.6. The van der Waals surface area contributed by atoms with E-state index in [9.17, 15) is 9.18 Å². The fourth-order valence-corrected chi connectivity index (χ4v) is 4.76. The molecule has 1 fully saturated rings. The number of aryl methyl sites for hydroxylation is 1. The summed E-state index contributed by atoms with van der Waals surface area (Å²) in [7, 11) is 0. The topological polar surface area (TPSA) is 63.1 Å². The summed E-state index contributed by atoms with van der Waals surface area (Å²) in [6.45, 7) is 6.17. The molecule has 4 rings (SSSR count). The Morgan fingerprint density at radius 3 is 2.59 bits per heavy atom. The molecule has 0 radical (unpaired) electrons. The minimum absolute atomic E-state index is 0.0725. The van der Waals surface area contributed by atoms with Crippen LogP contribution in [0.5, 0.6) is 0 Å². The van der Waals surface area contributed by atoms with Crippen LogP contribution in [0.2, 0.25) is 0 Å². The fourth-order valence-electron chi connectivity index (χ4n) is 4.00. The van der Waals surface area contributed by atoms with E-state index in [4.69, 9.17) is 0 Å². The molecule has 0 saturated carbocycles. The molecule has 8 heteroatoms. The van der Waals surface area contributed by atoms with E-state index in [0.29, 0.717) is 5.16 Å². The molecular weight excluding hydrogens is 425 g/mol. The number of rotatable bonds is 7. The Morgan fingerprint density at radius 2 is 1.88 bits per heavy atom. The molecule has 1 amide bonds. The molecule has 1 aliphatic heterocycles. The molecule has 0 spiro atoms. The molecule has 1 saturated heterocycles. The summed E-state index contributed by atoms with van der Waals surface area (Å²) in [6, 6.07) is 14.1. The molecule has 168 valence electrons. The number of aromatic nitrogens is 3. The molecule has 1 unspecified atom stereocenters. The molecule has 1 N–H and O–H groups in total. The van der Waals surface area contributed by atoms with Crippen LogP contribution in [-0.4, -0.2) is 44.4 Å². The van der Waals surface area contributed by atoms with E-state index in [0.717, 1.165) is 35.9 Å². The predicted octanol–water partition coefficient (Wildman–Crippen LogP) is 4.99. The summed E-state index contributed by atoms with van der Waals surface area (Å²) in [5.41, 5.74) is 2.65. The maximum Gasteiger partial charge on any atom is 0.234 e. The highest BCUT2D eigenvalue weighted by Gasteiger charge is 2.25. The van der Waals surface area contributed by atoms with Gasteiger partial charge in [0, 0.05) is 11.4 Å². The van der Waals surface area contributed by atoms with Gasteiger partial charge < -0.3 is 5.32 Å². The maximum atomic E-state index is 13.6. The van der Waals surface area contributed by atoms with Gasteiger partial charge in [-0.1, -0.05) is 30.3 Å². The number of hydrogen-bond donors (Lipinski definition) is 1. The first kappa shape index (κ1) is 22.5. The first-order chi connectivity index (χ1) is 15.5. The molecule has 6 nitrogen and oxygen atoms in total. The third-order valence-corrected chi connectivity index (χ3v) is 6.62. The van der Waals surface area contributed by atoms with Gasteiger partial charge in [0.05, 0.1) is 11.8 Å². The second-order valence-corrected chi connectivity index (χ2v) is 9.07. The average Bonchev–Trinajstić information content (AvgIpc) is 3.22. The molecule has 2 heterocycles. The van der Waals surface area contributed by atoms with Crippen LogP contribution in [0.1, 0.15) is 43.6 Å². The number of carbonyl (C=O) groups excluding carboxylic acids is 1. The fraction of sp³-hybridized carbons (Fsp3) is 0.375. The molecule has 1 aliphatic rings. The first-order valence-corrected chi connectivity index (χ1v) is 11.9. The number of thioether (sulfide) groups is 1. The minimum atomic E-state index is -0.292. The van der Waals surface area contributed by atoms with Crippen molar-refractivity contribution in [2.24, 2.45) is 0 Å². The molecular formula is C24H28FN5OS. The lowest BCUT2D eigenvalue weighted by Crippen LogP contribution is -2.33. The number of nitrogens with zero attached hydrogens (tertiary/aromatic N) is 4. The lowest BCUT2D eigenvalue weighted by Gasteiger charge is -2.31. The van der Waals surface area contributed by atoms with Gasteiger partial charge in [0.15, 0.2) is 11.0 Å². The summed E-state index contributed by atoms with van der Waals surface area (Å²) < 4.78 is 15.5. The smallest absolute Gasteiger partial charge is 0.234 e. The summed E-state index contributed by atoms with van der Waals surface area (Å²) in [4.78, 5) is 14.9. The Kier molecular flexibility index (Phi) is 7.22. The zero-order valence-electron chi connectivity index (χ0n) is 18.4. The van der Waals surface area contributed by atoms with Gasteiger partial charge in [0.1, 0.15) is 5.82 Å². The number of likely N-dealkylation sites (tertiary alicyclic amines) is 1. The van der Waals surface area contributed by atoms with E-state index in [1.807, 2.05) is 35.8 Å². The van der Waals surface area contributed by atoms with Gasteiger partial charge in [-0.3, -0.25) is 14.3 Å². The standard InChI is InChI=1S/C24H28FN5OS/c1-17-7-6-8-20(15-17)26-22(31)16-32-24-28-27-23(18(2)29-13-4-3-5-14-29)30(24)21-11-9-19(25)10-12-21/h6-12,15,18H,3-5,13-14,16H2,1-2H3,(H,26,31). The van der Waals surface area contributed by atoms with Gasteiger partial charge in [0.2, 0.25) is 5.91 Å². The van der Waals surface area contributed by atoms with Crippen molar-refractivity contribution in [3.05, 3.63) is 65.7 Å². The third kappa shape index (κ3) is 5.37. The quantitative estimate of drug-likeness (QED) is 0.511. The highest BCUT2D eigenvalue weighted by atomic mass is 32.2. The number of carbonyl (C=O) groups is 1. The van der Waals surface area contributed by atoms with E-state index in [2.05, 4.69) is 27.3 Å². The average molecular weight is 454 g/mol. The number of piperidine rings is 1. The number of hydrogen-bond acceptors (Lipinski definition) is 5. The Morgan fingerprint density at radius 1 is 1.12 bits per heavy atom. The number of amides is 1. The molecule has 0 bridgehead atoms. The summed E-state index contributed by atoms with van der Waals surface area (Å²) in [5.74, 6) is 0.602. The minimum Gasteiger partial charge on any atom is -0.325 e. The number of halogens is 1. The van der Waals surface area contributed by atoms with Crippen molar-refractivity contribution in [1.82, 2.24) is 19.7 Å². The molecule has 2 aromatic carbocycles. The number of anilines is 1. The van der Waals surface area contributed by atoms with Crippen molar-refractivity contribution in [2.45, 2.75) is 44.3 Å². The van der Waals surface area contributed by atoms with Gasteiger partial charge in [-0.15, -0.1) is 10.2 Å². The van der Waals surface area contributed by atoms with Crippen LogP contribution in [0, 0.1) is 12.7 Å². The number of benzene rings is 2. The second-order valence-electron chi connectivity index (χ2n) is 8.13. The SMILES string of the molecule is Cc1cccc(NC(=O)CSc2nnc(C(C)N3CCCCC3)n2-c2ccc(F)cc2)c1. The van der Waals surface area contributed by atoms with Crippen molar-refractivity contribution in [3.63, 3.8) is 0 Å². The van der Waals surface area contributed by atoms with Gasteiger partial charge in [-0.25, -0.2) is 4.39 Å². The third-order valence-electron chi connectivity index (χ3n) is 5.69. The first-order valence-electron chi connectivity index (χ1n) is 11.0. The Balaban J connectivity index is 1.55. The van der Waals surface area contributed by atoms with Gasteiger partial charge in [0.25, 0.3) is 0 Å². The van der Waals surface area contributed by atoms with Crippen molar-refractivity contribution < 1.29 is 9.18 Å². The van der Waals surface area contributed by atoms with Crippen molar-refractivity contribution >= 4 is 23.4 Å². The van der Waals surface area contributed by atoms with Crippen molar-refractivity contribution in [2.75, 3.05) is 24.2 Å². The Hall–Kier alpha value is -2.71. The van der Waals surface area contributed by atoms with E-state index in [-0.39, 0.29) is 23.5 Å². The molecule has 0 aliphatic carbocycles. The molecule has 1 atom stereocenters. The lowest BCUT2D eigenvalue weighted by molar-refractivity contribution is -0.113. The highest BCUT2D eigenvalue weighted by Crippen LogP contribution is 2.29. The van der Waals surface area contributed by atoms with Crippen molar-refractivity contribution in [3.8, 4) is 5.69 Å². The summed E-state index contributed by atoms with van der Waals surface area (Å²) in [5, 5.41) is 12.4. The summed E-state index contributed by atoms with van der Waals surface area (Å²) in [6.07, 6.45) is 3.61. The Labute approximate surface area is 192 Å². The molecule has 3 aromatic rings. The largest absolute Gasteiger partial charge is 0.325 e. The lowest BCUT2D eigenvalue weighted by atomic mass is 10.1. The van der Waals surface area contributed by atoms with Gasteiger partial charge in [-0.2, -0.15) is 0 Å². The molecule has 1 aromatic heterocycles. The zero-order valence-corrected chi connectivity index (χ0v) is 19.2. The molecule has 32 heavy (non-hydrogen) atoms. The van der Waals surface area contributed by atoms with Crippen LogP contribution in [0.4, 0.5) is 10.1 Å². The Bertz CT molecular complexity index is 1060. The van der Waals surface area contributed by atoms with Crippen LogP contribution in [-0.2, 0) is 4.79 Å². The van der Waals surface area contributed by atoms with Gasteiger partial charge >= 0.3 is 0 Å². The van der Waals surface area contributed by atoms with E-state index in [1.54, 1.807) is 12.1 Å². The van der Waals surface area contributed by atoms with E-state index in [1.165, 1.54) is 43.2 Å². The van der Waals surface area contributed by atoms with Crippen LogP contribution in [0.25, 0.3) is 5.69 Å². The highest BCUT2D eigenvalue weighted by molar-refractivity contribution is 7.99. The summed E-state index contributed by atoms with van der Waals surface area (Å²) >= 11 is 1.33. The van der Waals surface area contributed by atoms with Crippen molar-refractivity contribution in [1.29, 1.82) is 0 Å². The second kappa shape index (κ2) is 10.3. The van der Waals surface area contributed by atoms with Crippen LogP contribution in [0.3, 0.4) is 0 Å². The van der Waals surface area contributed by atoms with Crippen LogP contribution < -0.4 is 5.32 Å². The normalized spacial score (nSPS) is 15.5. The number of nitrogens with one attached hydrogen (secondary N) is 1. The van der Waals surface area contributed by atoms with E-state index >= 15 is 0 Å². The zero-order chi connectivity index (χ0) is 22.5. The van der Waals surface area contributed by atoms with Crippen LogP contribution in [0.15, 0.2) is 53.7 Å². The monoisotopic (exact) mass is 453 g/mol. The predicted molar refractivity (Wildman–Crippen MR) is 126 cm³/mol. The van der Waals surface area contributed by atoms with Gasteiger partial charge in [-0.05, 0) is 81.7 Å². The van der Waals surface area contributed by atoms with E-state index < -0.39 is 0 Å².